The van der Waals surface area contributed by atoms with Gasteiger partial charge in [0.05, 0.1) is 0 Å². The summed E-state index contributed by atoms with van der Waals surface area (Å²) in [6, 6.07) is 22.8. The maximum absolute atomic E-state index is 13.5. The lowest BCUT2D eigenvalue weighted by atomic mass is 10.0. The van der Waals surface area contributed by atoms with Gasteiger partial charge in [0.15, 0.2) is 6.61 Å². The largest absolute Gasteiger partial charge is 0.483 e. The first-order valence-corrected chi connectivity index (χ1v) is 12.2. The Kier molecular flexibility index (Phi) is 9.28. The van der Waals surface area contributed by atoms with E-state index in [4.69, 9.17) is 4.74 Å². The van der Waals surface area contributed by atoms with E-state index in [2.05, 4.69) is 21.2 Å². The number of hydrogen-bond acceptors (Lipinski definition) is 3. The SMILES string of the molecule is CCNC(=O)[C@@H](Cc1ccccc1)N(Cc1ccc(Br)cc1)C(=O)COc1cc(C)ccc1C. The molecule has 1 atom stereocenters. The molecule has 178 valence electrons. The predicted octanol–water partition coefficient (Wildman–Crippen LogP) is 5.22. The molecule has 5 nitrogen and oxygen atoms in total. The minimum Gasteiger partial charge on any atom is -0.483 e. The maximum Gasteiger partial charge on any atom is 0.261 e. The van der Waals surface area contributed by atoms with Crippen molar-refractivity contribution in [3.05, 3.63) is 99.5 Å². The maximum atomic E-state index is 13.5. The smallest absolute Gasteiger partial charge is 0.261 e. The minimum absolute atomic E-state index is 0.147. The second kappa shape index (κ2) is 12.4. The molecule has 3 aromatic rings. The summed E-state index contributed by atoms with van der Waals surface area (Å²) >= 11 is 3.46. The fourth-order valence-electron chi connectivity index (χ4n) is 3.72. The number of hydrogen-bond donors (Lipinski definition) is 1. The highest BCUT2D eigenvalue weighted by molar-refractivity contribution is 9.10. The van der Waals surface area contributed by atoms with Crippen LogP contribution in [0, 0.1) is 13.8 Å². The summed E-state index contributed by atoms with van der Waals surface area (Å²) in [6.45, 7) is 6.46. The number of ether oxygens (including phenoxy) is 1. The lowest BCUT2D eigenvalue weighted by molar-refractivity contribution is -0.142. The zero-order chi connectivity index (χ0) is 24.5. The molecular formula is C28H31BrN2O3. The zero-order valence-corrected chi connectivity index (χ0v) is 21.5. The van der Waals surface area contributed by atoms with Crippen LogP contribution in [0.2, 0.25) is 0 Å². The number of rotatable bonds is 10. The van der Waals surface area contributed by atoms with Crippen molar-refractivity contribution in [2.45, 2.75) is 39.8 Å². The van der Waals surface area contributed by atoms with Gasteiger partial charge in [-0.05, 0) is 61.2 Å². The van der Waals surface area contributed by atoms with Gasteiger partial charge >= 0.3 is 0 Å². The number of nitrogens with one attached hydrogen (secondary N) is 1. The molecule has 0 aliphatic heterocycles. The first-order chi connectivity index (χ1) is 16.4. The van der Waals surface area contributed by atoms with Crippen molar-refractivity contribution in [1.29, 1.82) is 0 Å². The fraction of sp³-hybridized carbons (Fsp3) is 0.286. The topological polar surface area (TPSA) is 58.6 Å². The van der Waals surface area contributed by atoms with Crippen molar-refractivity contribution in [2.75, 3.05) is 13.2 Å². The molecule has 1 N–H and O–H groups in total. The predicted molar refractivity (Wildman–Crippen MR) is 139 cm³/mol. The summed E-state index contributed by atoms with van der Waals surface area (Å²) in [7, 11) is 0. The number of carbonyl (C=O) groups is 2. The Morgan fingerprint density at radius 2 is 1.68 bits per heavy atom. The second-order valence-electron chi connectivity index (χ2n) is 8.31. The van der Waals surface area contributed by atoms with Gasteiger partial charge < -0.3 is 15.0 Å². The van der Waals surface area contributed by atoms with E-state index in [1.807, 2.05) is 93.6 Å². The van der Waals surface area contributed by atoms with E-state index >= 15 is 0 Å². The van der Waals surface area contributed by atoms with Gasteiger partial charge in [-0.1, -0.05) is 70.5 Å². The third-order valence-corrected chi connectivity index (χ3v) is 6.11. The van der Waals surface area contributed by atoms with Gasteiger partial charge in [0.25, 0.3) is 5.91 Å². The number of likely N-dealkylation sites (N-methyl/N-ethyl adjacent to an activating group) is 1. The molecule has 3 aromatic carbocycles. The van der Waals surface area contributed by atoms with Crippen LogP contribution in [0.3, 0.4) is 0 Å². The summed E-state index contributed by atoms with van der Waals surface area (Å²) in [6.07, 6.45) is 0.415. The first kappa shape index (κ1) is 25.5. The molecule has 6 heteroatoms. The average molecular weight is 523 g/mol. The van der Waals surface area contributed by atoms with Crippen molar-refractivity contribution in [3.8, 4) is 5.75 Å². The van der Waals surface area contributed by atoms with E-state index in [-0.39, 0.29) is 18.4 Å². The van der Waals surface area contributed by atoms with E-state index in [1.54, 1.807) is 4.90 Å². The Morgan fingerprint density at radius 1 is 0.971 bits per heavy atom. The van der Waals surface area contributed by atoms with Gasteiger partial charge in [0.1, 0.15) is 11.8 Å². The third kappa shape index (κ3) is 7.19. The highest BCUT2D eigenvalue weighted by atomic mass is 79.9. The minimum atomic E-state index is -0.666. The molecular weight excluding hydrogens is 492 g/mol. The molecule has 0 aliphatic rings. The molecule has 0 fully saturated rings. The fourth-order valence-corrected chi connectivity index (χ4v) is 3.98. The first-order valence-electron chi connectivity index (χ1n) is 11.4. The third-order valence-electron chi connectivity index (χ3n) is 5.58. The Balaban J connectivity index is 1.90. The number of aryl methyl sites for hydroxylation is 2. The Bertz CT molecular complexity index is 1100. The van der Waals surface area contributed by atoms with Crippen LogP contribution < -0.4 is 10.1 Å². The van der Waals surface area contributed by atoms with Gasteiger partial charge in [-0.15, -0.1) is 0 Å². The molecule has 0 aromatic heterocycles. The lowest BCUT2D eigenvalue weighted by Gasteiger charge is -2.31. The van der Waals surface area contributed by atoms with Crippen LogP contribution in [0.15, 0.2) is 77.3 Å². The van der Waals surface area contributed by atoms with Crippen LogP contribution in [0.25, 0.3) is 0 Å². The van der Waals surface area contributed by atoms with E-state index in [1.165, 1.54) is 0 Å². The number of nitrogens with zero attached hydrogens (tertiary/aromatic N) is 1. The van der Waals surface area contributed by atoms with E-state index < -0.39 is 6.04 Å². The van der Waals surface area contributed by atoms with Gasteiger partial charge in [0.2, 0.25) is 5.91 Å². The second-order valence-corrected chi connectivity index (χ2v) is 9.22. The summed E-state index contributed by atoms with van der Waals surface area (Å²) in [5, 5.41) is 2.91. The van der Waals surface area contributed by atoms with Crippen LogP contribution in [-0.2, 0) is 22.6 Å². The van der Waals surface area contributed by atoms with Gasteiger partial charge in [-0.25, -0.2) is 0 Å². The van der Waals surface area contributed by atoms with Gasteiger partial charge in [-0.2, -0.15) is 0 Å². The van der Waals surface area contributed by atoms with E-state index in [0.29, 0.717) is 25.3 Å². The molecule has 2 amide bonds. The number of benzene rings is 3. The lowest BCUT2D eigenvalue weighted by Crippen LogP contribution is -2.51. The summed E-state index contributed by atoms with van der Waals surface area (Å²) < 4.78 is 6.88. The molecule has 0 saturated carbocycles. The molecule has 0 saturated heterocycles. The number of amides is 2. The number of carbonyl (C=O) groups excluding carboxylic acids is 2. The quantitative estimate of drug-likeness (QED) is 0.397. The van der Waals surface area contributed by atoms with Gasteiger partial charge in [-0.3, -0.25) is 9.59 Å². The molecule has 0 aliphatic carbocycles. The molecule has 3 rings (SSSR count). The molecule has 34 heavy (non-hydrogen) atoms. The van der Waals surface area contributed by atoms with Crippen LogP contribution >= 0.6 is 15.9 Å². The monoisotopic (exact) mass is 522 g/mol. The van der Waals surface area contributed by atoms with Crippen molar-refractivity contribution >= 4 is 27.7 Å². The standard InChI is InChI=1S/C28H31BrN2O3/c1-4-30-28(33)25(17-22-8-6-5-7-9-22)31(18-23-12-14-24(29)15-13-23)27(32)19-34-26-16-20(2)10-11-21(26)3/h5-16,25H,4,17-19H2,1-3H3,(H,30,33)/t25-/m1/s1. The van der Waals surface area contributed by atoms with Crippen LogP contribution in [0.1, 0.15) is 29.2 Å². The summed E-state index contributed by atoms with van der Waals surface area (Å²) in [4.78, 5) is 28.3. The van der Waals surface area contributed by atoms with Crippen molar-refractivity contribution in [1.82, 2.24) is 10.2 Å². The van der Waals surface area contributed by atoms with E-state index in [0.717, 1.165) is 26.7 Å². The normalized spacial score (nSPS) is 11.5. The Morgan fingerprint density at radius 3 is 2.35 bits per heavy atom. The van der Waals surface area contributed by atoms with Crippen molar-refractivity contribution < 1.29 is 14.3 Å². The molecule has 0 unspecified atom stereocenters. The molecule has 0 bridgehead atoms. The summed E-state index contributed by atoms with van der Waals surface area (Å²) in [5.74, 6) is 0.258. The van der Waals surface area contributed by atoms with Crippen LogP contribution in [0.5, 0.6) is 5.75 Å². The highest BCUT2D eigenvalue weighted by Crippen LogP contribution is 2.21. The number of halogens is 1. The zero-order valence-electron chi connectivity index (χ0n) is 19.9. The van der Waals surface area contributed by atoms with E-state index in [9.17, 15) is 9.59 Å². The highest BCUT2D eigenvalue weighted by Gasteiger charge is 2.30. The van der Waals surface area contributed by atoms with Crippen LogP contribution in [-0.4, -0.2) is 35.9 Å². The summed E-state index contributed by atoms with van der Waals surface area (Å²) in [5.41, 5.74) is 3.94. The molecule has 0 spiro atoms. The van der Waals surface area contributed by atoms with Crippen molar-refractivity contribution in [2.24, 2.45) is 0 Å². The molecule has 0 radical (unpaired) electrons. The Labute approximate surface area is 210 Å². The van der Waals surface area contributed by atoms with Gasteiger partial charge in [0, 0.05) is 24.0 Å². The van der Waals surface area contributed by atoms with Crippen LogP contribution in [0.4, 0.5) is 0 Å². The van der Waals surface area contributed by atoms with Crippen molar-refractivity contribution in [3.63, 3.8) is 0 Å². The Hall–Kier alpha value is -3.12. The average Bonchev–Trinajstić information content (AvgIpc) is 2.83. The molecule has 0 heterocycles.